The fourth-order valence-electron chi connectivity index (χ4n) is 2.85. The zero-order valence-electron chi connectivity index (χ0n) is 14.6. The van der Waals surface area contributed by atoms with Gasteiger partial charge in [-0.3, -0.25) is 13.9 Å². The van der Waals surface area contributed by atoms with Gasteiger partial charge in [-0.1, -0.05) is 16.8 Å². The maximum atomic E-state index is 13.3. The zero-order chi connectivity index (χ0) is 20.2. The van der Waals surface area contributed by atoms with Gasteiger partial charge < -0.3 is 4.57 Å². The molecule has 0 N–H and O–H groups in total. The van der Waals surface area contributed by atoms with Gasteiger partial charge in [-0.05, 0) is 29.8 Å². The van der Waals surface area contributed by atoms with E-state index in [1.807, 2.05) is 0 Å². The number of nitrogens with zero attached hydrogens (tertiary/aromatic N) is 7. The van der Waals surface area contributed by atoms with E-state index in [-0.39, 0.29) is 28.0 Å². The van der Waals surface area contributed by atoms with Gasteiger partial charge in [-0.2, -0.15) is 4.98 Å². The molecule has 4 aromatic rings. The van der Waals surface area contributed by atoms with Crippen LogP contribution in [0, 0.1) is 5.82 Å². The summed E-state index contributed by atoms with van der Waals surface area (Å²) in [4.78, 5) is 28.7. The summed E-state index contributed by atoms with van der Waals surface area (Å²) < 4.78 is 18.4. The summed E-state index contributed by atoms with van der Waals surface area (Å²) in [5.74, 6) is -0.538. The molecule has 0 saturated carbocycles. The lowest BCUT2D eigenvalue weighted by molar-refractivity contribution is 0.627. The Morgan fingerprint density at radius 2 is 1.89 bits per heavy atom. The maximum Gasteiger partial charge on any atom is 0.332 e. The van der Waals surface area contributed by atoms with Crippen molar-refractivity contribution in [2.75, 3.05) is 0 Å². The Morgan fingerprint density at radius 3 is 2.61 bits per heavy atom. The van der Waals surface area contributed by atoms with Crippen LogP contribution in [0.5, 0.6) is 0 Å². The van der Waals surface area contributed by atoms with Crippen LogP contribution in [0.1, 0.15) is 5.69 Å². The Hall–Kier alpha value is -2.98. The van der Waals surface area contributed by atoms with E-state index in [2.05, 4.69) is 15.3 Å². The number of benzene rings is 1. The summed E-state index contributed by atoms with van der Waals surface area (Å²) in [5.41, 5.74) is 0.320. The summed E-state index contributed by atoms with van der Waals surface area (Å²) in [6.45, 7) is 0.0949. The highest BCUT2D eigenvalue weighted by atomic mass is 35.5. The number of hydrogen-bond acceptors (Lipinski definition) is 5. The highest BCUT2D eigenvalue weighted by Crippen LogP contribution is 2.20. The van der Waals surface area contributed by atoms with E-state index in [1.54, 1.807) is 6.20 Å². The SMILES string of the molecule is Cn1c(=O)c2c(nc(Cl)n2Cc2cn(-c3ccc(F)c(Cl)c3)nn2)n(C)c1=O. The minimum atomic E-state index is -0.538. The van der Waals surface area contributed by atoms with Crippen molar-refractivity contribution in [3.05, 3.63) is 67.1 Å². The van der Waals surface area contributed by atoms with Gasteiger partial charge in [0.25, 0.3) is 5.56 Å². The summed E-state index contributed by atoms with van der Waals surface area (Å²) in [7, 11) is 2.89. The molecule has 0 spiro atoms. The van der Waals surface area contributed by atoms with Gasteiger partial charge in [0, 0.05) is 14.1 Å². The highest BCUT2D eigenvalue weighted by molar-refractivity contribution is 6.30. The summed E-state index contributed by atoms with van der Waals surface area (Å²) in [6, 6.07) is 4.15. The standard InChI is InChI=1S/C16H12Cl2FN7O2/c1-23-13-12(14(27)24(2)16(23)28)25(15(18)20-13)6-8-7-26(22-21-8)9-3-4-11(19)10(17)5-9/h3-5,7H,6H2,1-2H3. The van der Waals surface area contributed by atoms with Crippen LogP contribution in [0.3, 0.4) is 0 Å². The minimum absolute atomic E-state index is 0.0349. The van der Waals surface area contributed by atoms with Crippen LogP contribution in [0.15, 0.2) is 34.0 Å². The molecule has 1 aromatic carbocycles. The predicted octanol–water partition coefficient (Wildman–Crippen LogP) is 1.51. The topological polar surface area (TPSA) is 92.5 Å². The van der Waals surface area contributed by atoms with Crippen LogP contribution in [0.25, 0.3) is 16.9 Å². The van der Waals surface area contributed by atoms with E-state index in [4.69, 9.17) is 23.2 Å². The van der Waals surface area contributed by atoms with E-state index in [0.717, 1.165) is 4.57 Å². The number of fused-ring (bicyclic) bond motifs is 1. The normalized spacial score (nSPS) is 11.5. The average molecular weight is 424 g/mol. The summed E-state index contributed by atoms with van der Waals surface area (Å²) in [5, 5.41) is 8.04. The molecule has 0 radical (unpaired) electrons. The Labute approximate surface area is 166 Å². The van der Waals surface area contributed by atoms with Crippen molar-refractivity contribution in [3.8, 4) is 5.69 Å². The molecule has 0 unspecified atom stereocenters. The van der Waals surface area contributed by atoms with Gasteiger partial charge in [0.15, 0.2) is 11.2 Å². The maximum absolute atomic E-state index is 13.3. The first-order chi connectivity index (χ1) is 13.3. The first kappa shape index (κ1) is 18.4. The van der Waals surface area contributed by atoms with Crippen molar-refractivity contribution in [1.82, 2.24) is 33.7 Å². The molecular weight excluding hydrogens is 412 g/mol. The number of hydrogen-bond donors (Lipinski definition) is 0. The van der Waals surface area contributed by atoms with Crippen LogP contribution < -0.4 is 11.2 Å². The molecule has 0 bridgehead atoms. The molecule has 0 fully saturated rings. The first-order valence-electron chi connectivity index (χ1n) is 7.96. The lowest BCUT2D eigenvalue weighted by atomic mass is 10.3. The van der Waals surface area contributed by atoms with E-state index >= 15 is 0 Å². The molecule has 9 nitrogen and oxygen atoms in total. The van der Waals surface area contributed by atoms with Gasteiger partial charge in [-0.25, -0.2) is 13.9 Å². The van der Waals surface area contributed by atoms with E-state index in [0.29, 0.717) is 11.4 Å². The Bertz CT molecular complexity index is 1350. The molecule has 0 aliphatic heterocycles. The molecule has 12 heteroatoms. The summed E-state index contributed by atoms with van der Waals surface area (Å²) >= 11 is 12.0. The molecule has 3 aromatic heterocycles. The van der Waals surface area contributed by atoms with Crippen LogP contribution >= 0.6 is 23.2 Å². The van der Waals surface area contributed by atoms with E-state index in [1.165, 1.54) is 46.1 Å². The lowest BCUT2D eigenvalue weighted by Crippen LogP contribution is -2.37. The largest absolute Gasteiger partial charge is 0.332 e. The van der Waals surface area contributed by atoms with Crippen molar-refractivity contribution < 1.29 is 4.39 Å². The molecule has 0 amide bonds. The van der Waals surface area contributed by atoms with Gasteiger partial charge >= 0.3 is 5.69 Å². The van der Waals surface area contributed by atoms with Gasteiger partial charge in [0.1, 0.15) is 11.5 Å². The van der Waals surface area contributed by atoms with Crippen molar-refractivity contribution in [2.24, 2.45) is 14.1 Å². The van der Waals surface area contributed by atoms with Crippen LogP contribution in [-0.2, 0) is 20.6 Å². The van der Waals surface area contributed by atoms with Crippen LogP contribution in [0.2, 0.25) is 10.3 Å². The second kappa shape index (κ2) is 6.57. The summed E-state index contributed by atoms with van der Waals surface area (Å²) in [6.07, 6.45) is 1.60. The average Bonchev–Trinajstić information content (AvgIpc) is 3.26. The molecule has 28 heavy (non-hydrogen) atoms. The molecule has 3 heterocycles. The third-order valence-corrected chi connectivity index (χ3v) is 4.91. The van der Waals surface area contributed by atoms with Gasteiger partial charge in [0.2, 0.25) is 5.28 Å². The van der Waals surface area contributed by atoms with Crippen molar-refractivity contribution in [1.29, 1.82) is 0 Å². The van der Waals surface area contributed by atoms with Crippen molar-refractivity contribution in [3.63, 3.8) is 0 Å². The number of rotatable bonds is 3. The van der Waals surface area contributed by atoms with E-state index in [9.17, 15) is 14.0 Å². The third kappa shape index (κ3) is 2.81. The zero-order valence-corrected chi connectivity index (χ0v) is 16.1. The Balaban J connectivity index is 1.78. The van der Waals surface area contributed by atoms with Gasteiger partial charge in [0.05, 0.1) is 23.5 Å². The number of aromatic nitrogens is 7. The highest BCUT2D eigenvalue weighted by Gasteiger charge is 2.19. The molecule has 4 rings (SSSR count). The predicted molar refractivity (Wildman–Crippen MR) is 101 cm³/mol. The van der Waals surface area contributed by atoms with Crippen molar-refractivity contribution in [2.45, 2.75) is 6.54 Å². The molecule has 0 aliphatic rings. The monoisotopic (exact) mass is 423 g/mol. The number of aryl methyl sites for hydroxylation is 1. The van der Waals surface area contributed by atoms with Crippen LogP contribution in [-0.4, -0.2) is 33.7 Å². The molecule has 0 aliphatic carbocycles. The van der Waals surface area contributed by atoms with E-state index < -0.39 is 17.1 Å². The smallest absolute Gasteiger partial charge is 0.303 e. The Kier molecular flexibility index (Phi) is 4.31. The fraction of sp³-hybridized carbons (Fsp3) is 0.188. The lowest BCUT2D eigenvalue weighted by Gasteiger charge is -2.05. The van der Waals surface area contributed by atoms with Crippen LogP contribution in [0.4, 0.5) is 4.39 Å². The molecule has 0 saturated heterocycles. The number of imidazole rings is 1. The molecular formula is C16H12Cl2FN7O2. The molecule has 144 valence electrons. The second-order valence-electron chi connectivity index (χ2n) is 6.10. The Morgan fingerprint density at radius 1 is 1.14 bits per heavy atom. The second-order valence-corrected chi connectivity index (χ2v) is 6.84. The fourth-order valence-corrected chi connectivity index (χ4v) is 3.25. The number of halogens is 3. The first-order valence-corrected chi connectivity index (χ1v) is 8.72. The minimum Gasteiger partial charge on any atom is -0.303 e. The third-order valence-electron chi connectivity index (χ3n) is 4.33. The molecule has 0 atom stereocenters. The quantitative estimate of drug-likeness (QED) is 0.465. The van der Waals surface area contributed by atoms with Crippen molar-refractivity contribution >= 4 is 34.4 Å². The van der Waals surface area contributed by atoms with Gasteiger partial charge in [-0.15, -0.1) is 5.10 Å².